The Morgan fingerprint density at radius 3 is 2.64 bits per heavy atom. The molecule has 0 saturated carbocycles. The minimum Gasteiger partial charge on any atom is -0.343 e. The van der Waals surface area contributed by atoms with E-state index in [1.165, 1.54) is 11.1 Å². The van der Waals surface area contributed by atoms with Crippen LogP contribution in [0.5, 0.6) is 0 Å². The highest BCUT2D eigenvalue weighted by Gasteiger charge is 2.25. The van der Waals surface area contributed by atoms with Crippen molar-refractivity contribution in [2.24, 2.45) is 5.92 Å². The first-order valence-electron chi connectivity index (χ1n) is 9.31. The Kier molecular flexibility index (Phi) is 5.74. The lowest BCUT2D eigenvalue weighted by molar-refractivity contribution is -0.132. The van der Waals surface area contributed by atoms with E-state index in [1.54, 1.807) is 6.92 Å². The van der Waals surface area contributed by atoms with Gasteiger partial charge in [0.15, 0.2) is 0 Å². The van der Waals surface area contributed by atoms with Gasteiger partial charge in [-0.15, -0.1) is 0 Å². The number of rotatable bonds is 5. The number of hydrogen-bond acceptors (Lipinski definition) is 3. The Balaban J connectivity index is 1.41. The third kappa shape index (κ3) is 4.60. The monoisotopic (exact) mass is 343 g/mol. The van der Waals surface area contributed by atoms with Gasteiger partial charge in [0.1, 0.15) is 0 Å². The van der Waals surface area contributed by atoms with Gasteiger partial charge in [0.2, 0.25) is 11.8 Å². The lowest BCUT2D eigenvalue weighted by atomic mass is 10.00. The van der Waals surface area contributed by atoms with Crippen LogP contribution in [-0.2, 0) is 22.6 Å². The summed E-state index contributed by atoms with van der Waals surface area (Å²) in [7, 11) is 2.08. The third-order valence-corrected chi connectivity index (χ3v) is 5.49. The van der Waals surface area contributed by atoms with Gasteiger partial charge >= 0.3 is 0 Å². The van der Waals surface area contributed by atoms with E-state index in [0.29, 0.717) is 12.3 Å². The van der Waals surface area contributed by atoms with E-state index in [0.717, 1.165) is 52.1 Å². The van der Waals surface area contributed by atoms with Crippen molar-refractivity contribution < 1.29 is 9.59 Å². The van der Waals surface area contributed by atoms with Crippen LogP contribution in [0.25, 0.3) is 0 Å². The summed E-state index contributed by atoms with van der Waals surface area (Å²) in [5, 5.41) is 0. The van der Waals surface area contributed by atoms with Crippen molar-refractivity contribution in [3.8, 4) is 0 Å². The molecule has 1 fully saturated rings. The minimum absolute atomic E-state index is 0.172. The standard InChI is InChI=1S/C20H29N3O2/c1-16(24)22-11-7-17(14-22)13-21(2)10-9-20(25)23-12-8-18-5-3-4-6-19(18)15-23/h3-6,17H,7-15H2,1-2H3/t17-/m0/s1. The first kappa shape index (κ1) is 17.9. The van der Waals surface area contributed by atoms with Crippen molar-refractivity contribution in [3.05, 3.63) is 35.4 Å². The number of likely N-dealkylation sites (tertiary alicyclic amines) is 1. The SMILES string of the molecule is CC(=O)N1CC[C@@H](CN(C)CCC(=O)N2CCc3ccccc3C2)C1. The van der Waals surface area contributed by atoms with Crippen molar-refractivity contribution in [3.63, 3.8) is 0 Å². The lowest BCUT2D eigenvalue weighted by Gasteiger charge is -2.29. The smallest absolute Gasteiger partial charge is 0.224 e. The van der Waals surface area contributed by atoms with Crippen LogP contribution in [0.2, 0.25) is 0 Å². The molecule has 1 atom stereocenters. The quantitative estimate of drug-likeness (QED) is 0.818. The molecule has 0 spiro atoms. The summed E-state index contributed by atoms with van der Waals surface area (Å²) < 4.78 is 0. The topological polar surface area (TPSA) is 43.9 Å². The minimum atomic E-state index is 0.172. The van der Waals surface area contributed by atoms with E-state index in [1.807, 2.05) is 15.9 Å². The Hall–Kier alpha value is -1.88. The highest BCUT2D eigenvalue weighted by molar-refractivity contribution is 5.76. The maximum absolute atomic E-state index is 12.5. The second-order valence-corrected chi connectivity index (χ2v) is 7.47. The zero-order chi connectivity index (χ0) is 17.8. The molecule has 0 unspecified atom stereocenters. The Morgan fingerprint density at radius 2 is 1.92 bits per heavy atom. The van der Waals surface area contributed by atoms with E-state index >= 15 is 0 Å². The first-order valence-corrected chi connectivity index (χ1v) is 9.31. The largest absolute Gasteiger partial charge is 0.343 e. The molecular weight excluding hydrogens is 314 g/mol. The summed E-state index contributed by atoms with van der Waals surface area (Å²) in [6, 6.07) is 8.41. The summed E-state index contributed by atoms with van der Waals surface area (Å²) in [5.41, 5.74) is 2.66. The second-order valence-electron chi connectivity index (χ2n) is 7.47. The van der Waals surface area contributed by atoms with E-state index in [9.17, 15) is 9.59 Å². The molecule has 5 nitrogen and oxygen atoms in total. The summed E-state index contributed by atoms with van der Waals surface area (Å²) in [5.74, 6) is 0.953. The molecule has 0 radical (unpaired) electrons. The van der Waals surface area contributed by atoms with Crippen LogP contribution in [0, 0.1) is 5.92 Å². The number of fused-ring (bicyclic) bond motifs is 1. The molecule has 136 valence electrons. The van der Waals surface area contributed by atoms with Gasteiger partial charge in [-0.2, -0.15) is 0 Å². The van der Waals surface area contributed by atoms with Gasteiger partial charge in [0, 0.05) is 52.6 Å². The van der Waals surface area contributed by atoms with Crippen LogP contribution in [0.3, 0.4) is 0 Å². The van der Waals surface area contributed by atoms with Crippen molar-refractivity contribution >= 4 is 11.8 Å². The molecule has 2 heterocycles. The molecule has 5 heteroatoms. The zero-order valence-electron chi connectivity index (χ0n) is 15.4. The van der Waals surface area contributed by atoms with Crippen molar-refractivity contribution in [2.75, 3.05) is 39.8 Å². The number of carbonyl (C=O) groups excluding carboxylic acids is 2. The molecule has 1 saturated heterocycles. The number of benzene rings is 1. The molecule has 2 amide bonds. The highest BCUT2D eigenvalue weighted by atomic mass is 16.2. The maximum atomic E-state index is 12.5. The average molecular weight is 343 g/mol. The summed E-state index contributed by atoms with van der Waals surface area (Å²) in [6.07, 6.45) is 2.60. The van der Waals surface area contributed by atoms with Gasteiger partial charge in [-0.1, -0.05) is 24.3 Å². The van der Waals surface area contributed by atoms with Crippen LogP contribution in [0.1, 0.15) is 30.9 Å². The molecule has 0 aliphatic carbocycles. The molecule has 2 aliphatic heterocycles. The zero-order valence-corrected chi connectivity index (χ0v) is 15.4. The number of hydrogen-bond donors (Lipinski definition) is 0. The molecular formula is C20H29N3O2. The predicted molar refractivity (Wildman–Crippen MR) is 98.0 cm³/mol. The fraction of sp³-hybridized carbons (Fsp3) is 0.600. The van der Waals surface area contributed by atoms with Gasteiger partial charge in [-0.25, -0.2) is 0 Å². The van der Waals surface area contributed by atoms with Crippen molar-refractivity contribution in [2.45, 2.75) is 32.7 Å². The average Bonchev–Trinajstić information content (AvgIpc) is 3.08. The summed E-state index contributed by atoms with van der Waals surface area (Å²) in [6.45, 7) is 6.69. The van der Waals surface area contributed by atoms with Crippen LogP contribution < -0.4 is 0 Å². The van der Waals surface area contributed by atoms with Crippen LogP contribution in [0.15, 0.2) is 24.3 Å². The molecule has 1 aromatic carbocycles. The fourth-order valence-electron chi connectivity index (χ4n) is 3.95. The molecule has 3 rings (SSSR count). The van der Waals surface area contributed by atoms with Crippen molar-refractivity contribution in [1.29, 1.82) is 0 Å². The molecule has 0 aromatic heterocycles. The van der Waals surface area contributed by atoms with Gasteiger partial charge in [-0.05, 0) is 36.9 Å². The van der Waals surface area contributed by atoms with E-state index in [4.69, 9.17) is 0 Å². The third-order valence-electron chi connectivity index (χ3n) is 5.49. The fourth-order valence-corrected chi connectivity index (χ4v) is 3.95. The number of amides is 2. The van der Waals surface area contributed by atoms with Crippen LogP contribution >= 0.6 is 0 Å². The maximum Gasteiger partial charge on any atom is 0.224 e. The van der Waals surface area contributed by atoms with E-state index < -0.39 is 0 Å². The molecule has 2 aliphatic rings. The van der Waals surface area contributed by atoms with Crippen molar-refractivity contribution in [1.82, 2.24) is 14.7 Å². The van der Waals surface area contributed by atoms with Gasteiger partial charge in [-0.3, -0.25) is 9.59 Å². The predicted octanol–water partition coefficient (Wildman–Crippen LogP) is 1.76. The van der Waals surface area contributed by atoms with Crippen LogP contribution in [0.4, 0.5) is 0 Å². The Labute approximate surface area is 150 Å². The highest BCUT2D eigenvalue weighted by Crippen LogP contribution is 2.20. The normalized spacial score (nSPS) is 20.0. The Bertz CT molecular complexity index is 631. The molecule has 0 bridgehead atoms. The lowest BCUT2D eigenvalue weighted by Crippen LogP contribution is -2.38. The van der Waals surface area contributed by atoms with Gasteiger partial charge in [0.25, 0.3) is 0 Å². The van der Waals surface area contributed by atoms with E-state index in [-0.39, 0.29) is 11.8 Å². The summed E-state index contributed by atoms with van der Waals surface area (Å²) in [4.78, 5) is 30.1. The molecule has 0 N–H and O–H groups in total. The first-order chi connectivity index (χ1) is 12.0. The Morgan fingerprint density at radius 1 is 1.16 bits per heavy atom. The van der Waals surface area contributed by atoms with Gasteiger partial charge in [0.05, 0.1) is 0 Å². The number of carbonyl (C=O) groups is 2. The van der Waals surface area contributed by atoms with E-state index in [2.05, 4.69) is 30.1 Å². The van der Waals surface area contributed by atoms with Gasteiger partial charge < -0.3 is 14.7 Å². The molecule has 1 aromatic rings. The summed E-state index contributed by atoms with van der Waals surface area (Å²) >= 11 is 0. The number of nitrogens with zero attached hydrogens (tertiary/aromatic N) is 3. The second kappa shape index (κ2) is 8.00. The molecule has 25 heavy (non-hydrogen) atoms. The van der Waals surface area contributed by atoms with Crippen LogP contribution in [-0.4, -0.2) is 66.3 Å².